The zero-order valence-electron chi connectivity index (χ0n) is 9.56. The van der Waals surface area contributed by atoms with E-state index in [1.54, 1.807) is 4.80 Å². The van der Waals surface area contributed by atoms with Gasteiger partial charge in [-0.05, 0) is 25.2 Å². The molecule has 0 saturated heterocycles. The number of aromatic nitrogens is 3. The number of nitrogens with zero attached hydrogens (tertiary/aromatic N) is 3. The average Bonchev–Trinajstić information content (AvgIpc) is 2.65. The van der Waals surface area contributed by atoms with Gasteiger partial charge in [-0.2, -0.15) is 15.0 Å². The Morgan fingerprint density at radius 3 is 2.93 bits per heavy atom. The van der Waals surface area contributed by atoms with Crippen LogP contribution in [-0.2, 0) is 7.05 Å². The first-order chi connectivity index (χ1) is 7.20. The first kappa shape index (κ1) is 10.6. The van der Waals surface area contributed by atoms with Crippen molar-refractivity contribution in [2.24, 2.45) is 18.7 Å². The van der Waals surface area contributed by atoms with Gasteiger partial charge in [0.05, 0.1) is 11.9 Å². The molecule has 1 aliphatic rings. The van der Waals surface area contributed by atoms with E-state index in [4.69, 9.17) is 5.73 Å². The second kappa shape index (κ2) is 4.31. The fraction of sp³-hybridized carbons (Fsp3) is 0.818. The zero-order chi connectivity index (χ0) is 10.8. The van der Waals surface area contributed by atoms with Crippen LogP contribution < -0.4 is 5.73 Å². The third-order valence-corrected chi connectivity index (χ3v) is 3.56. The van der Waals surface area contributed by atoms with Crippen LogP contribution in [0.15, 0.2) is 6.20 Å². The number of aryl methyl sites for hydroxylation is 1. The van der Waals surface area contributed by atoms with Gasteiger partial charge in [0.15, 0.2) is 0 Å². The van der Waals surface area contributed by atoms with Crippen molar-refractivity contribution in [3.63, 3.8) is 0 Å². The van der Waals surface area contributed by atoms with Gasteiger partial charge in [0.1, 0.15) is 0 Å². The molecule has 0 spiro atoms. The van der Waals surface area contributed by atoms with Crippen LogP contribution in [0.25, 0.3) is 0 Å². The molecule has 1 aromatic rings. The van der Waals surface area contributed by atoms with Crippen molar-refractivity contribution in [1.82, 2.24) is 15.0 Å². The molecule has 0 bridgehead atoms. The molecule has 0 amide bonds. The largest absolute Gasteiger partial charge is 0.328 e. The fourth-order valence-corrected chi connectivity index (χ4v) is 2.65. The van der Waals surface area contributed by atoms with E-state index in [0.717, 1.165) is 24.5 Å². The van der Waals surface area contributed by atoms with Gasteiger partial charge < -0.3 is 5.73 Å². The summed E-state index contributed by atoms with van der Waals surface area (Å²) in [7, 11) is 1.87. The minimum Gasteiger partial charge on any atom is -0.328 e. The van der Waals surface area contributed by atoms with Gasteiger partial charge in [0, 0.05) is 19.0 Å². The van der Waals surface area contributed by atoms with Crippen LogP contribution in [0, 0.1) is 5.92 Å². The minimum absolute atomic E-state index is 0.347. The van der Waals surface area contributed by atoms with Gasteiger partial charge in [-0.1, -0.05) is 13.3 Å². The van der Waals surface area contributed by atoms with E-state index in [1.165, 1.54) is 12.8 Å². The molecule has 1 fully saturated rings. The molecule has 1 saturated carbocycles. The maximum atomic E-state index is 6.03. The van der Waals surface area contributed by atoms with Crippen molar-refractivity contribution in [2.75, 3.05) is 0 Å². The highest BCUT2D eigenvalue weighted by Crippen LogP contribution is 2.37. The van der Waals surface area contributed by atoms with E-state index in [1.807, 2.05) is 13.2 Å². The number of rotatable bonds is 2. The van der Waals surface area contributed by atoms with Crippen LogP contribution in [-0.4, -0.2) is 21.0 Å². The Morgan fingerprint density at radius 1 is 1.53 bits per heavy atom. The monoisotopic (exact) mass is 208 g/mol. The van der Waals surface area contributed by atoms with Gasteiger partial charge in [-0.3, -0.25) is 0 Å². The molecule has 0 aliphatic heterocycles. The maximum absolute atomic E-state index is 6.03. The van der Waals surface area contributed by atoms with Crippen molar-refractivity contribution >= 4 is 0 Å². The van der Waals surface area contributed by atoms with Crippen LogP contribution in [0.1, 0.15) is 44.2 Å². The average molecular weight is 208 g/mol. The second-order valence-electron chi connectivity index (χ2n) is 4.61. The summed E-state index contributed by atoms with van der Waals surface area (Å²) in [5.74, 6) is 1.26. The van der Waals surface area contributed by atoms with Crippen LogP contribution in [0.4, 0.5) is 0 Å². The lowest BCUT2D eigenvalue weighted by atomic mass is 9.74. The van der Waals surface area contributed by atoms with Crippen LogP contribution in [0.5, 0.6) is 0 Å². The second-order valence-corrected chi connectivity index (χ2v) is 4.61. The summed E-state index contributed by atoms with van der Waals surface area (Å²) in [5, 5.41) is 8.57. The highest BCUT2D eigenvalue weighted by Gasteiger charge is 2.30. The number of hydrogen-bond donors (Lipinski definition) is 1. The summed E-state index contributed by atoms with van der Waals surface area (Å²) < 4.78 is 0. The van der Waals surface area contributed by atoms with Crippen LogP contribution in [0.2, 0.25) is 0 Å². The standard InChI is InChI=1S/C11H20N4/c1-3-8-4-5-9(12)6-10(8)11-7-13-15(2)14-11/h7-10H,3-6,12H2,1-2H3. The molecule has 3 unspecified atom stereocenters. The first-order valence-electron chi connectivity index (χ1n) is 5.82. The summed E-state index contributed by atoms with van der Waals surface area (Å²) in [5.41, 5.74) is 7.16. The smallest absolute Gasteiger partial charge is 0.0861 e. The highest BCUT2D eigenvalue weighted by atomic mass is 15.4. The molecule has 0 aromatic carbocycles. The van der Waals surface area contributed by atoms with E-state index in [2.05, 4.69) is 17.1 Å². The molecule has 3 atom stereocenters. The van der Waals surface area contributed by atoms with Crippen molar-refractivity contribution in [3.8, 4) is 0 Å². The van der Waals surface area contributed by atoms with Gasteiger partial charge >= 0.3 is 0 Å². The molecule has 1 heterocycles. The minimum atomic E-state index is 0.347. The van der Waals surface area contributed by atoms with E-state index in [-0.39, 0.29) is 0 Å². The Morgan fingerprint density at radius 2 is 2.33 bits per heavy atom. The van der Waals surface area contributed by atoms with Crippen molar-refractivity contribution < 1.29 is 0 Å². The lowest BCUT2D eigenvalue weighted by Crippen LogP contribution is -2.32. The molecule has 15 heavy (non-hydrogen) atoms. The van der Waals surface area contributed by atoms with Crippen molar-refractivity contribution in [1.29, 1.82) is 0 Å². The molecule has 1 aliphatic carbocycles. The molecular weight excluding hydrogens is 188 g/mol. The van der Waals surface area contributed by atoms with Crippen molar-refractivity contribution in [2.45, 2.75) is 44.6 Å². The molecule has 2 N–H and O–H groups in total. The lowest BCUT2D eigenvalue weighted by Gasteiger charge is -2.32. The van der Waals surface area contributed by atoms with Crippen LogP contribution >= 0.6 is 0 Å². The predicted molar refractivity (Wildman–Crippen MR) is 59.4 cm³/mol. The summed E-state index contributed by atoms with van der Waals surface area (Å²) in [6.07, 6.45) is 6.57. The Kier molecular flexibility index (Phi) is 3.05. The molecule has 4 heteroatoms. The third kappa shape index (κ3) is 2.20. The fourth-order valence-electron chi connectivity index (χ4n) is 2.65. The summed E-state index contributed by atoms with van der Waals surface area (Å²) in [6.45, 7) is 2.25. The van der Waals surface area contributed by atoms with Crippen LogP contribution in [0.3, 0.4) is 0 Å². The van der Waals surface area contributed by atoms with Crippen molar-refractivity contribution in [3.05, 3.63) is 11.9 Å². The Hall–Kier alpha value is -0.900. The molecule has 84 valence electrons. The molecular formula is C11H20N4. The highest BCUT2D eigenvalue weighted by molar-refractivity contribution is 5.06. The topological polar surface area (TPSA) is 56.7 Å². The Balaban J connectivity index is 2.16. The van der Waals surface area contributed by atoms with E-state index < -0.39 is 0 Å². The summed E-state index contributed by atoms with van der Waals surface area (Å²) in [6, 6.07) is 0.347. The van der Waals surface area contributed by atoms with Gasteiger partial charge in [-0.25, -0.2) is 0 Å². The first-order valence-corrected chi connectivity index (χ1v) is 5.82. The van der Waals surface area contributed by atoms with Gasteiger partial charge in [0.2, 0.25) is 0 Å². The predicted octanol–water partition coefficient (Wildman–Crippen LogP) is 1.44. The Bertz CT molecular complexity index is 320. The summed E-state index contributed by atoms with van der Waals surface area (Å²) >= 11 is 0. The quantitative estimate of drug-likeness (QED) is 0.800. The SMILES string of the molecule is CCC1CCC(N)CC1c1cnn(C)n1. The van der Waals surface area contributed by atoms with E-state index in [0.29, 0.717) is 12.0 Å². The van der Waals surface area contributed by atoms with E-state index in [9.17, 15) is 0 Å². The van der Waals surface area contributed by atoms with Gasteiger partial charge in [0.25, 0.3) is 0 Å². The zero-order valence-corrected chi connectivity index (χ0v) is 9.56. The lowest BCUT2D eigenvalue weighted by molar-refractivity contribution is 0.268. The molecule has 0 radical (unpaired) electrons. The Labute approximate surface area is 90.8 Å². The van der Waals surface area contributed by atoms with E-state index >= 15 is 0 Å². The van der Waals surface area contributed by atoms with Gasteiger partial charge in [-0.15, -0.1) is 0 Å². The third-order valence-electron chi connectivity index (χ3n) is 3.56. The normalized spacial score (nSPS) is 31.8. The summed E-state index contributed by atoms with van der Waals surface area (Å²) in [4.78, 5) is 1.64. The molecule has 2 rings (SSSR count). The number of nitrogens with two attached hydrogens (primary N) is 1. The molecule has 1 aromatic heterocycles. The maximum Gasteiger partial charge on any atom is 0.0861 e. The molecule has 4 nitrogen and oxygen atoms in total. The number of hydrogen-bond acceptors (Lipinski definition) is 3.